The van der Waals surface area contributed by atoms with E-state index in [1.54, 1.807) is 11.6 Å². The normalized spacial score (nSPS) is 15.2. The number of nitrogens with zero attached hydrogens (tertiary/aromatic N) is 7. The Balaban J connectivity index is 1.69. The number of likely N-dealkylation sites (N-methyl/N-ethyl adjacent to an activating group) is 2. The van der Waals surface area contributed by atoms with E-state index in [1.165, 1.54) is 16.7 Å². The Morgan fingerprint density at radius 1 is 1.14 bits per heavy atom. The Morgan fingerprint density at radius 2 is 1.82 bits per heavy atom. The predicted octanol–water partition coefficient (Wildman–Crippen LogP) is 0.238. The quantitative estimate of drug-likeness (QED) is 0.659. The van der Waals surface area contributed by atoms with Crippen LogP contribution in [0.15, 0.2) is 5.16 Å². The maximum Gasteiger partial charge on any atom is 0.253 e. The fourth-order valence-electron chi connectivity index (χ4n) is 3.27. The summed E-state index contributed by atoms with van der Waals surface area (Å²) in [6, 6.07) is 0. The summed E-state index contributed by atoms with van der Waals surface area (Å²) in [6.07, 6.45) is 2.09. The monoisotopic (exact) mass is 405 g/mol. The third-order valence-electron chi connectivity index (χ3n) is 5.19. The molecule has 1 fully saturated rings. The van der Waals surface area contributed by atoms with E-state index in [9.17, 15) is 9.59 Å². The van der Waals surface area contributed by atoms with Crippen LogP contribution in [0.3, 0.4) is 0 Å². The third kappa shape index (κ3) is 4.27. The van der Waals surface area contributed by atoms with Crippen LogP contribution in [0.25, 0.3) is 5.78 Å². The van der Waals surface area contributed by atoms with Crippen molar-refractivity contribution in [2.24, 2.45) is 0 Å². The Hall–Kier alpha value is -2.20. The first-order chi connectivity index (χ1) is 13.3. The maximum absolute atomic E-state index is 12.8. The van der Waals surface area contributed by atoms with Gasteiger partial charge in [-0.05, 0) is 27.2 Å². The first-order valence-corrected chi connectivity index (χ1v) is 10.5. The van der Waals surface area contributed by atoms with Gasteiger partial charge in [-0.1, -0.05) is 11.8 Å². The van der Waals surface area contributed by atoms with E-state index in [0.29, 0.717) is 24.0 Å². The molecular weight excluding hydrogens is 378 g/mol. The highest BCUT2D eigenvalue weighted by Crippen LogP contribution is 2.17. The lowest BCUT2D eigenvalue weighted by molar-refractivity contribution is -0.140. The standard InChI is InChI=1S/C18H27N7O2S/c1-12-14(13(2)25-17(19-12)20-18(21-25)28-5)10-15(26)23(4)11-16(27)24-8-6-22(3)7-9-24/h6-11H2,1-5H3. The number of carbonyl (C=O) groups is 2. The maximum atomic E-state index is 12.8. The number of thioether (sulfide) groups is 1. The van der Waals surface area contributed by atoms with Gasteiger partial charge >= 0.3 is 0 Å². The number of aromatic nitrogens is 4. The zero-order chi connectivity index (χ0) is 20.4. The molecule has 3 rings (SSSR count). The van der Waals surface area contributed by atoms with Crippen LogP contribution in [0, 0.1) is 13.8 Å². The van der Waals surface area contributed by atoms with E-state index < -0.39 is 0 Å². The summed E-state index contributed by atoms with van der Waals surface area (Å²) in [7, 11) is 3.72. The van der Waals surface area contributed by atoms with Gasteiger partial charge in [-0.25, -0.2) is 9.50 Å². The summed E-state index contributed by atoms with van der Waals surface area (Å²) in [4.78, 5) is 39.6. The number of amides is 2. The van der Waals surface area contributed by atoms with Gasteiger partial charge in [0, 0.05) is 50.2 Å². The first-order valence-electron chi connectivity index (χ1n) is 9.27. The second-order valence-corrected chi connectivity index (χ2v) is 7.96. The molecule has 10 heteroatoms. The molecule has 28 heavy (non-hydrogen) atoms. The molecule has 152 valence electrons. The van der Waals surface area contributed by atoms with Gasteiger partial charge in [-0.2, -0.15) is 4.98 Å². The lowest BCUT2D eigenvalue weighted by Gasteiger charge is -2.33. The molecule has 0 atom stereocenters. The molecule has 0 radical (unpaired) electrons. The van der Waals surface area contributed by atoms with E-state index in [1.807, 2.05) is 32.1 Å². The largest absolute Gasteiger partial charge is 0.339 e. The lowest BCUT2D eigenvalue weighted by atomic mass is 10.1. The van der Waals surface area contributed by atoms with Gasteiger partial charge < -0.3 is 14.7 Å². The van der Waals surface area contributed by atoms with Crippen molar-refractivity contribution in [1.29, 1.82) is 0 Å². The topological polar surface area (TPSA) is 86.9 Å². The van der Waals surface area contributed by atoms with Crippen molar-refractivity contribution in [1.82, 2.24) is 34.3 Å². The number of rotatable bonds is 5. The molecular formula is C18H27N7O2S. The van der Waals surface area contributed by atoms with E-state index >= 15 is 0 Å². The van der Waals surface area contributed by atoms with E-state index in [0.717, 1.165) is 30.0 Å². The molecule has 2 aromatic heterocycles. The summed E-state index contributed by atoms with van der Waals surface area (Å²) in [5.41, 5.74) is 2.44. The van der Waals surface area contributed by atoms with E-state index in [4.69, 9.17) is 0 Å². The molecule has 2 aromatic rings. The Kier molecular flexibility index (Phi) is 6.19. The van der Waals surface area contributed by atoms with Crippen LogP contribution in [0.2, 0.25) is 0 Å². The molecule has 0 aromatic carbocycles. The van der Waals surface area contributed by atoms with Gasteiger partial charge in [0.15, 0.2) is 0 Å². The first kappa shape index (κ1) is 20.5. The van der Waals surface area contributed by atoms with Crippen LogP contribution in [-0.2, 0) is 16.0 Å². The zero-order valence-electron chi connectivity index (χ0n) is 17.1. The number of hydrogen-bond acceptors (Lipinski definition) is 7. The number of hydrogen-bond donors (Lipinski definition) is 0. The summed E-state index contributed by atoms with van der Waals surface area (Å²) >= 11 is 1.45. The molecule has 0 saturated carbocycles. The third-order valence-corrected chi connectivity index (χ3v) is 5.73. The van der Waals surface area contributed by atoms with Gasteiger partial charge in [-0.3, -0.25) is 9.59 Å². The Bertz CT molecular complexity index is 890. The highest BCUT2D eigenvalue weighted by molar-refractivity contribution is 7.98. The van der Waals surface area contributed by atoms with Crippen molar-refractivity contribution >= 4 is 29.4 Å². The number of aryl methyl sites for hydroxylation is 2. The minimum absolute atomic E-state index is 0.00754. The second kappa shape index (κ2) is 8.44. The molecule has 0 spiro atoms. The van der Waals surface area contributed by atoms with Crippen molar-refractivity contribution in [2.75, 3.05) is 53.1 Å². The Morgan fingerprint density at radius 3 is 2.46 bits per heavy atom. The van der Waals surface area contributed by atoms with E-state index in [2.05, 4.69) is 20.0 Å². The fourth-order valence-corrected chi connectivity index (χ4v) is 3.60. The second-order valence-electron chi connectivity index (χ2n) is 7.18. The molecule has 1 saturated heterocycles. The van der Waals surface area contributed by atoms with Crippen LogP contribution in [-0.4, -0.2) is 99.2 Å². The minimum Gasteiger partial charge on any atom is -0.339 e. The van der Waals surface area contributed by atoms with Crippen molar-refractivity contribution in [3.63, 3.8) is 0 Å². The van der Waals surface area contributed by atoms with Gasteiger partial charge in [0.05, 0.1) is 13.0 Å². The predicted molar refractivity (Wildman–Crippen MR) is 107 cm³/mol. The molecule has 2 amide bonds. The van der Waals surface area contributed by atoms with Crippen molar-refractivity contribution in [3.05, 3.63) is 17.0 Å². The molecule has 1 aliphatic heterocycles. The fraction of sp³-hybridized carbons (Fsp3) is 0.611. The molecule has 3 heterocycles. The van der Waals surface area contributed by atoms with Crippen LogP contribution in [0.5, 0.6) is 0 Å². The Labute approximate surface area is 169 Å². The molecule has 1 aliphatic rings. The van der Waals surface area contributed by atoms with Crippen molar-refractivity contribution < 1.29 is 9.59 Å². The van der Waals surface area contributed by atoms with Gasteiger partial charge in [0.2, 0.25) is 17.0 Å². The average Bonchev–Trinajstić information content (AvgIpc) is 3.08. The number of fused-ring (bicyclic) bond motifs is 1. The number of piperazine rings is 1. The van der Waals surface area contributed by atoms with Gasteiger partial charge in [-0.15, -0.1) is 5.10 Å². The molecule has 0 aliphatic carbocycles. The summed E-state index contributed by atoms with van der Waals surface area (Å²) in [6.45, 7) is 7.03. The van der Waals surface area contributed by atoms with Gasteiger partial charge in [0.1, 0.15) is 0 Å². The van der Waals surface area contributed by atoms with Crippen LogP contribution in [0.4, 0.5) is 0 Å². The van der Waals surface area contributed by atoms with Crippen LogP contribution in [0.1, 0.15) is 17.0 Å². The molecule has 9 nitrogen and oxygen atoms in total. The van der Waals surface area contributed by atoms with Crippen molar-refractivity contribution in [2.45, 2.75) is 25.4 Å². The zero-order valence-corrected chi connectivity index (χ0v) is 17.9. The molecule has 0 unspecified atom stereocenters. The van der Waals surface area contributed by atoms with E-state index in [-0.39, 0.29) is 24.8 Å². The van der Waals surface area contributed by atoms with Crippen LogP contribution >= 0.6 is 11.8 Å². The van der Waals surface area contributed by atoms with Crippen LogP contribution < -0.4 is 0 Å². The van der Waals surface area contributed by atoms with Crippen molar-refractivity contribution in [3.8, 4) is 0 Å². The highest BCUT2D eigenvalue weighted by Gasteiger charge is 2.23. The summed E-state index contributed by atoms with van der Waals surface area (Å²) < 4.78 is 1.68. The highest BCUT2D eigenvalue weighted by atomic mass is 32.2. The smallest absolute Gasteiger partial charge is 0.253 e. The SMILES string of the molecule is CSc1nc2nc(C)c(CC(=O)N(C)CC(=O)N3CCN(C)CC3)c(C)n2n1. The van der Waals surface area contributed by atoms with Gasteiger partial charge in [0.25, 0.3) is 5.78 Å². The number of carbonyl (C=O) groups excluding carboxylic acids is 2. The lowest BCUT2D eigenvalue weighted by Crippen LogP contribution is -2.50. The molecule has 0 bridgehead atoms. The summed E-state index contributed by atoms with van der Waals surface area (Å²) in [5.74, 6) is 0.418. The average molecular weight is 406 g/mol. The molecule has 0 N–H and O–H groups in total. The minimum atomic E-state index is -0.111. The summed E-state index contributed by atoms with van der Waals surface area (Å²) in [5, 5.41) is 5.06.